The van der Waals surface area contributed by atoms with Crippen LogP contribution < -0.4 is 5.32 Å². The van der Waals surface area contributed by atoms with Gasteiger partial charge in [0.2, 0.25) is 0 Å². The van der Waals surface area contributed by atoms with E-state index in [0.717, 1.165) is 32.1 Å². The first-order valence-corrected chi connectivity index (χ1v) is 6.87. The fourth-order valence-corrected chi connectivity index (χ4v) is 2.90. The molecule has 0 amide bonds. The van der Waals surface area contributed by atoms with Crippen molar-refractivity contribution >= 4 is 5.97 Å². The van der Waals surface area contributed by atoms with Crippen LogP contribution >= 0.6 is 0 Å². The van der Waals surface area contributed by atoms with Gasteiger partial charge in [0.25, 0.3) is 0 Å². The van der Waals surface area contributed by atoms with E-state index in [2.05, 4.69) is 17.5 Å². The highest BCUT2D eigenvalue weighted by Gasteiger charge is 2.29. The van der Waals surface area contributed by atoms with Crippen molar-refractivity contribution in [2.45, 2.75) is 57.5 Å². The molecule has 2 rings (SSSR count). The SMILES string of the molecule is CCOC(=O)C1CCCC(NC2CC=CC2)C1. The molecule has 0 bridgehead atoms. The summed E-state index contributed by atoms with van der Waals surface area (Å²) in [6.45, 7) is 2.38. The minimum atomic E-state index is 0.00328. The molecule has 0 aromatic heterocycles. The fraction of sp³-hybridized carbons (Fsp3) is 0.786. The maximum Gasteiger partial charge on any atom is 0.308 e. The molecule has 0 radical (unpaired) electrons. The minimum Gasteiger partial charge on any atom is -0.466 e. The number of ether oxygens (including phenoxy) is 1. The lowest BCUT2D eigenvalue weighted by Crippen LogP contribution is -2.41. The van der Waals surface area contributed by atoms with E-state index in [-0.39, 0.29) is 11.9 Å². The summed E-state index contributed by atoms with van der Waals surface area (Å²) >= 11 is 0. The van der Waals surface area contributed by atoms with Crippen molar-refractivity contribution in [2.75, 3.05) is 6.61 Å². The molecular formula is C14H23NO2. The van der Waals surface area contributed by atoms with Crippen LogP contribution in [0.1, 0.15) is 45.4 Å². The predicted octanol–water partition coefficient (Wildman–Crippen LogP) is 2.42. The number of nitrogens with one attached hydrogen (secondary N) is 1. The molecule has 3 heteroatoms. The molecule has 0 heterocycles. The first-order valence-electron chi connectivity index (χ1n) is 6.87. The number of rotatable bonds is 4. The molecule has 2 atom stereocenters. The third-order valence-corrected chi connectivity index (χ3v) is 3.77. The molecule has 1 N–H and O–H groups in total. The zero-order chi connectivity index (χ0) is 12.1. The Balaban J connectivity index is 1.77. The van der Waals surface area contributed by atoms with Gasteiger partial charge in [0.1, 0.15) is 0 Å². The Bertz CT molecular complexity index is 280. The second-order valence-electron chi connectivity index (χ2n) is 5.12. The van der Waals surface area contributed by atoms with Crippen molar-refractivity contribution in [1.29, 1.82) is 0 Å². The van der Waals surface area contributed by atoms with Crippen molar-refractivity contribution in [1.82, 2.24) is 5.32 Å². The second kappa shape index (κ2) is 6.20. The predicted molar refractivity (Wildman–Crippen MR) is 67.7 cm³/mol. The molecule has 0 saturated heterocycles. The van der Waals surface area contributed by atoms with E-state index < -0.39 is 0 Å². The van der Waals surface area contributed by atoms with E-state index in [4.69, 9.17) is 4.74 Å². The molecule has 0 aromatic rings. The summed E-state index contributed by atoms with van der Waals surface area (Å²) in [5.74, 6) is 0.124. The molecule has 96 valence electrons. The monoisotopic (exact) mass is 237 g/mol. The van der Waals surface area contributed by atoms with Crippen LogP contribution in [0.2, 0.25) is 0 Å². The van der Waals surface area contributed by atoms with Crippen LogP contribution in [0.5, 0.6) is 0 Å². The van der Waals surface area contributed by atoms with Gasteiger partial charge in [-0.1, -0.05) is 18.6 Å². The Hall–Kier alpha value is -0.830. The highest BCUT2D eigenvalue weighted by molar-refractivity contribution is 5.72. The molecule has 1 fully saturated rings. The summed E-state index contributed by atoms with van der Waals surface area (Å²) in [7, 11) is 0. The standard InChI is InChI=1S/C14H23NO2/c1-2-17-14(16)11-6-5-9-13(10-11)15-12-7-3-4-8-12/h3-4,11-13,15H,2,5-10H2,1H3. The number of carbonyl (C=O) groups is 1. The molecule has 2 aliphatic rings. The van der Waals surface area contributed by atoms with E-state index >= 15 is 0 Å². The quantitative estimate of drug-likeness (QED) is 0.603. The van der Waals surface area contributed by atoms with Crippen LogP contribution in [0, 0.1) is 5.92 Å². The number of esters is 1. The van der Waals surface area contributed by atoms with E-state index in [0.29, 0.717) is 18.7 Å². The molecule has 0 aromatic carbocycles. The largest absolute Gasteiger partial charge is 0.466 e. The zero-order valence-electron chi connectivity index (χ0n) is 10.7. The van der Waals surface area contributed by atoms with Crippen molar-refractivity contribution < 1.29 is 9.53 Å². The van der Waals surface area contributed by atoms with Crippen LogP contribution in [-0.4, -0.2) is 24.7 Å². The molecule has 2 unspecified atom stereocenters. The third kappa shape index (κ3) is 3.56. The summed E-state index contributed by atoms with van der Waals surface area (Å²) in [5, 5.41) is 3.67. The van der Waals surface area contributed by atoms with Gasteiger partial charge in [-0.3, -0.25) is 4.79 Å². The van der Waals surface area contributed by atoms with Gasteiger partial charge in [0.05, 0.1) is 12.5 Å². The van der Waals surface area contributed by atoms with Crippen molar-refractivity contribution in [3.05, 3.63) is 12.2 Å². The molecule has 3 nitrogen and oxygen atoms in total. The minimum absolute atomic E-state index is 0.00328. The number of hydrogen-bond acceptors (Lipinski definition) is 3. The lowest BCUT2D eigenvalue weighted by Gasteiger charge is -2.30. The summed E-state index contributed by atoms with van der Waals surface area (Å²) in [6, 6.07) is 1.10. The Morgan fingerprint density at radius 2 is 2.06 bits per heavy atom. The van der Waals surface area contributed by atoms with E-state index in [1.54, 1.807) is 0 Å². The van der Waals surface area contributed by atoms with E-state index in [1.807, 2.05) is 6.92 Å². The zero-order valence-corrected chi connectivity index (χ0v) is 10.7. The van der Waals surface area contributed by atoms with Crippen LogP contribution in [0.3, 0.4) is 0 Å². The summed E-state index contributed by atoms with van der Waals surface area (Å²) < 4.78 is 5.12. The van der Waals surface area contributed by atoms with E-state index in [9.17, 15) is 4.79 Å². The second-order valence-corrected chi connectivity index (χ2v) is 5.12. The Morgan fingerprint density at radius 3 is 2.76 bits per heavy atom. The third-order valence-electron chi connectivity index (χ3n) is 3.77. The highest BCUT2D eigenvalue weighted by Crippen LogP contribution is 2.26. The molecule has 1 saturated carbocycles. The Morgan fingerprint density at radius 1 is 1.29 bits per heavy atom. The molecule has 0 aliphatic heterocycles. The number of carbonyl (C=O) groups excluding carboxylic acids is 1. The summed E-state index contributed by atoms with van der Waals surface area (Å²) in [4.78, 5) is 11.7. The van der Waals surface area contributed by atoms with E-state index in [1.165, 1.54) is 6.42 Å². The summed E-state index contributed by atoms with van der Waals surface area (Å²) in [5.41, 5.74) is 0. The first kappa shape index (κ1) is 12.6. The number of hydrogen-bond donors (Lipinski definition) is 1. The maximum absolute atomic E-state index is 11.7. The van der Waals surface area contributed by atoms with Crippen molar-refractivity contribution in [3.63, 3.8) is 0 Å². The Kier molecular flexibility index (Phi) is 4.60. The molecule has 0 spiro atoms. The van der Waals surface area contributed by atoms with Gasteiger partial charge in [-0.05, 0) is 39.0 Å². The molecule has 2 aliphatic carbocycles. The van der Waals surface area contributed by atoms with Gasteiger partial charge in [-0.25, -0.2) is 0 Å². The lowest BCUT2D eigenvalue weighted by atomic mass is 9.85. The fourth-order valence-electron chi connectivity index (χ4n) is 2.90. The van der Waals surface area contributed by atoms with Crippen molar-refractivity contribution in [3.8, 4) is 0 Å². The highest BCUT2D eigenvalue weighted by atomic mass is 16.5. The van der Waals surface area contributed by atoms with Gasteiger partial charge in [-0.2, -0.15) is 0 Å². The smallest absolute Gasteiger partial charge is 0.308 e. The first-order chi connectivity index (χ1) is 8.29. The summed E-state index contributed by atoms with van der Waals surface area (Å²) in [6.07, 6.45) is 11.1. The van der Waals surface area contributed by atoms with Crippen LogP contribution in [0.25, 0.3) is 0 Å². The average Bonchev–Trinajstić information content (AvgIpc) is 2.82. The average molecular weight is 237 g/mol. The van der Waals surface area contributed by atoms with Gasteiger partial charge in [0, 0.05) is 12.1 Å². The van der Waals surface area contributed by atoms with Gasteiger partial charge < -0.3 is 10.1 Å². The van der Waals surface area contributed by atoms with Crippen LogP contribution in [0.15, 0.2) is 12.2 Å². The maximum atomic E-state index is 11.7. The lowest BCUT2D eigenvalue weighted by molar-refractivity contribution is -0.149. The normalized spacial score (nSPS) is 29.5. The Labute approximate surface area is 104 Å². The molecule has 17 heavy (non-hydrogen) atoms. The molecular weight excluding hydrogens is 214 g/mol. The van der Waals surface area contributed by atoms with Crippen molar-refractivity contribution in [2.24, 2.45) is 5.92 Å². The van der Waals surface area contributed by atoms with Crippen LogP contribution in [0.4, 0.5) is 0 Å². The van der Waals surface area contributed by atoms with Gasteiger partial charge in [0.15, 0.2) is 0 Å². The van der Waals surface area contributed by atoms with Gasteiger partial charge in [-0.15, -0.1) is 0 Å². The van der Waals surface area contributed by atoms with Crippen LogP contribution in [-0.2, 0) is 9.53 Å². The topological polar surface area (TPSA) is 38.3 Å². The van der Waals surface area contributed by atoms with Gasteiger partial charge >= 0.3 is 5.97 Å².